The minimum Gasteiger partial charge on any atom is -0.480 e. The topological polar surface area (TPSA) is 95.9 Å². The highest BCUT2D eigenvalue weighted by molar-refractivity contribution is 5.85. The van der Waals surface area contributed by atoms with Crippen LogP contribution in [0.25, 0.3) is 11.1 Å². The first kappa shape index (κ1) is 22.8. The first-order valence-electron chi connectivity index (χ1n) is 11.5. The summed E-state index contributed by atoms with van der Waals surface area (Å²) in [5.74, 6) is -1.79. The molecule has 0 heterocycles. The predicted molar refractivity (Wildman–Crippen MR) is 124 cm³/mol. The van der Waals surface area contributed by atoms with Crippen molar-refractivity contribution in [2.45, 2.75) is 50.6 Å². The number of nitrogens with zero attached hydrogens (tertiary/aromatic N) is 1. The Hall–Kier alpha value is -3.35. The number of benzene rings is 2. The van der Waals surface area contributed by atoms with Crippen LogP contribution >= 0.6 is 0 Å². The fourth-order valence-electron chi connectivity index (χ4n) is 5.01. The Balaban J connectivity index is 1.41. The van der Waals surface area contributed by atoms with Gasteiger partial charge in [-0.2, -0.15) is 0 Å². The van der Waals surface area contributed by atoms with Gasteiger partial charge in [-0.05, 0) is 42.0 Å². The maximum Gasteiger partial charge on any atom is 0.407 e. The van der Waals surface area contributed by atoms with E-state index in [-0.39, 0.29) is 24.5 Å². The maximum absolute atomic E-state index is 12.9. The van der Waals surface area contributed by atoms with Crippen LogP contribution in [0, 0.1) is 5.92 Å². The van der Waals surface area contributed by atoms with Gasteiger partial charge in [-0.15, -0.1) is 0 Å². The Labute approximate surface area is 193 Å². The molecule has 2 aliphatic rings. The molecule has 0 aromatic heterocycles. The number of carbonyl (C=O) groups excluding carboxylic acids is 2. The minimum absolute atomic E-state index is 0.0329. The average Bonchev–Trinajstić information content (AvgIpc) is 3.15. The molecule has 1 fully saturated rings. The SMILES string of the molecule is CC(C(=O)O)N(C)C(=O)[C@@H]1CCCC[C@@H]1NC(=O)OCC1c2ccccc2-c2ccccc21. The summed E-state index contributed by atoms with van der Waals surface area (Å²) in [4.78, 5) is 38.2. The van der Waals surface area contributed by atoms with Crippen LogP contribution in [0.2, 0.25) is 0 Å². The molecule has 2 aliphatic carbocycles. The summed E-state index contributed by atoms with van der Waals surface area (Å²) in [6.07, 6.45) is 2.50. The van der Waals surface area contributed by atoms with Crippen LogP contribution in [0.1, 0.15) is 49.7 Å². The van der Waals surface area contributed by atoms with Crippen LogP contribution in [-0.2, 0) is 14.3 Å². The van der Waals surface area contributed by atoms with Crippen LogP contribution in [0.15, 0.2) is 48.5 Å². The van der Waals surface area contributed by atoms with Crippen molar-refractivity contribution < 1.29 is 24.2 Å². The number of carboxylic acids is 1. The van der Waals surface area contributed by atoms with Gasteiger partial charge in [-0.25, -0.2) is 9.59 Å². The van der Waals surface area contributed by atoms with E-state index in [1.165, 1.54) is 18.9 Å². The molecular formula is C26H30N2O5. The van der Waals surface area contributed by atoms with E-state index in [2.05, 4.69) is 29.6 Å². The second-order valence-electron chi connectivity index (χ2n) is 8.93. The normalized spacial score (nSPS) is 20.3. The lowest BCUT2D eigenvalue weighted by Crippen LogP contribution is -2.51. The molecule has 2 aromatic rings. The zero-order valence-electron chi connectivity index (χ0n) is 19.0. The van der Waals surface area contributed by atoms with Crippen LogP contribution in [-0.4, -0.2) is 53.7 Å². The number of likely N-dealkylation sites (N-methyl/N-ethyl adjacent to an activating group) is 1. The Morgan fingerprint density at radius 1 is 1.03 bits per heavy atom. The van der Waals surface area contributed by atoms with E-state index >= 15 is 0 Å². The summed E-state index contributed by atoms with van der Waals surface area (Å²) in [6.45, 7) is 1.69. The lowest BCUT2D eigenvalue weighted by molar-refractivity contribution is -0.150. The van der Waals surface area contributed by atoms with Crippen LogP contribution in [0.4, 0.5) is 4.79 Å². The van der Waals surface area contributed by atoms with E-state index in [4.69, 9.17) is 4.74 Å². The molecule has 3 atom stereocenters. The lowest BCUT2D eigenvalue weighted by atomic mass is 9.83. The molecule has 0 bridgehead atoms. The van der Waals surface area contributed by atoms with Gasteiger partial charge >= 0.3 is 12.1 Å². The van der Waals surface area contributed by atoms with Crippen molar-refractivity contribution in [1.82, 2.24) is 10.2 Å². The number of amides is 2. The van der Waals surface area contributed by atoms with Gasteiger partial charge in [0.1, 0.15) is 12.6 Å². The molecular weight excluding hydrogens is 420 g/mol. The molecule has 4 rings (SSSR count). The number of rotatable bonds is 6. The molecule has 0 radical (unpaired) electrons. The number of aliphatic carboxylic acids is 1. The van der Waals surface area contributed by atoms with Crippen molar-refractivity contribution >= 4 is 18.0 Å². The van der Waals surface area contributed by atoms with Gasteiger partial charge in [0, 0.05) is 19.0 Å². The quantitative estimate of drug-likeness (QED) is 0.693. The standard InChI is InChI=1S/C26H30N2O5/c1-16(25(30)31)28(2)24(29)21-13-7-8-14-23(21)27-26(32)33-15-22-19-11-5-3-9-17(19)18-10-4-6-12-20(18)22/h3-6,9-12,16,21-23H,7-8,13-15H2,1-2H3,(H,27,32)(H,30,31)/t16?,21-,23+/m1/s1. The molecule has 2 aromatic carbocycles. The molecule has 1 unspecified atom stereocenters. The summed E-state index contributed by atoms with van der Waals surface area (Å²) in [5, 5.41) is 12.1. The summed E-state index contributed by atoms with van der Waals surface area (Å²) in [7, 11) is 1.50. The third kappa shape index (κ3) is 4.58. The third-order valence-corrected chi connectivity index (χ3v) is 7.02. The van der Waals surface area contributed by atoms with Crippen LogP contribution in [0.5, 0.6) is 0 Å². The number of fused-ring (bicyclic) bond motifs is 3. The summed E-state index contributed by atoms with van der Waals surface area (Å²) >= 11 is 0. The largest absolute Gasteiger partial charge is 0.480 e. The fraction of sp³-hybridized carbons (Fsp3) is 0.423. The predicted octanol–water partition coefficient (Wildman–Crippen LogP) is 4.02. The number of carboxylic acid groups (broad SMARTS) is 1. The Kier molecular flexibility index (Phi) is 6.67. The van der Waals surface area contributed by atoms with Crippen molar-refractivity contribution in [2.75, 3.05) is 13.7 Å². The number of hydrogen-bond acceptors (Lipinski definition) is 4. The summed E-state index contributed by atoms with van der Waals surface area (Å²) < 4.78 is 5.65. The molecule has 2 amide bonds. The highest BCUT2D eigenvalue weighted by atomic mass is 16.5. The van der Waals surface area contributed by atoms with Crippen LogP contribution in [0.3, 0.4) is 0 Å². The van der Waals surface area contributed by atoms with Crippen molar-refractivity contribution in [3.05, 3.63) is 59.7 Å². The molecule has 2 N–H and O–H groups in total. The van der Waals surface area contributed by atoms with Gasteiger partial charge in [0.15, 0.2) is 0 Å². The lowest BCUT2D eigenvalue weighted by Gasteiger charge is -2.34. The molecule has 0 spiro atoms. The number of carbonyl (C=O) groups is 3. The van der Waals surface area contributed by atoms with Crippen molar-refractivity contribution in [3.8, 4) is 11.1 Å². The Bertz CT molecular complexity index is 1010. The zero-order chi connectivity index (χ0) is 23.5. The van der Waals surface area contributed by atoms with Crippen molar-refractivity contribution in [2.24, 2.45) is 5.92 Å². The summed E-state index contributed by atoms with van der Waals surface area (Å²) in [5.41, 5.74) is 4.61. The van der Waals surface area contributed by atoms with E-state index < -0.39 is 24.0 Å². The monoisotopic (exact) mass is 450 g/mol. The van der Waals surface area contributed by atoms with E-state index in [0.717, 1.165) is 35.1 Å². The zero-order valence-corrected chi connectivity index (χ0v) is 19.0. The highest BCUT2D eigenvalue weighted by Gasteiger charge is 2.37. The van der Waals surface area contributed by atoms with Gasteiger partial charge in [-0.1, -0.05) is 61.4 Å². The summed E-state index contributed by atoms with van der Waals surface area (Å²) in [6, 6.07) is 15.0. The van der Waals surface area contributed by atoms with Crippen LogP contribution < -0.4 is 5.32 Å². The molecule has 33 heavy (non-hydrogen) atoms. The molecule has 7 heteroatoms. The number of hydrogen-bond donors (Lipinski definition) is 2. The fourth-order valence-corrected chi connectivity index (χ4v) is 5.01. The third-order valence-electron chi connectivity index (χ3n) is 7.02. The Morgan fingerprint density at radius 3 is 2.21 bits per heavy atom. The molecule has 174 valence electrons. The van der Waals surface area contributed by atoms with Gasteiger partial charge in [0.2, 0.25) is 5.91 Å². The van der Waals surface area contributed by atoms with Gasteiger partial charge in [-0.3, -0.25) is 4.79 Å². The first-order chi connectivity index (χ1) is 15.9. The second-order valence-corrected chi connectivity index (χ2v) is 8.93. The van der Waals surface area contributed by atoms with Crippen molar-refractivity contribution in [1.29, 1.82) is 0 Å². The Morgan fingerprint density at radius 2 is 1.61 bits per heavy atom. The van der Waals surface area contributed by atoms with Gasteiger partial charge < -0.3 is 20.1 Å². The minimum atomic E-state index is -1.05. The van der Waals surface area contributed by atoms with Gasteiger partial charge in [0.25, 0.3) is 0 Å². The highest BCUT2D eigenvalue weighted by Crippen LogP contribution is 2.44. The second kappa shape index (κ2) is 9.65. The molecule has 1 saturated carbocycles. The first-order valence-corrected chi connectivity index (χ1v) is 11.5. The smallest absolute Gasteiger partial charge is 0.407 e. The van der Waals surface area contributed by atoms with E-state index in [1.807, 2.05) is 24.3 Å². The van der Waals surface area contributed by atoms with E-state index in [9.17, 15) is 19.5 Å². The molecule has 0 saturated heterocycles. The number of alkyl carbamates (subject to hydrolysis) is 1. The number of ether oxygens (including phenoxy) is 1. The molecule has 0 aliphatic heterocycles. The van der Waals surface area contributed by atoms with E-state index in [0.29, 0.717) is 12.8 Å². The number of nitrogens with one attached hydrogen (secondary N) is 1. The van der Waals surface area contributed by atoms with Crippen molar-refractivity contribution in [3.63, 3.8) is 0 Å². The van der Waals surface area contributed by atoms with E-state index in [1.54, 1.807) is 0 Å². The van der Waals surface area contributed by atoms with Gasteiger partial charge in [0.05, 0.1) is 5.92 Å². The average molecular weight is 451 g/mol. The molecule has 7 nitrogen and oxygen atoms in total. The maximum atomic E-state index is 12.9.